The maximum atomic E-state index is 5.65. The van der Waals surface area contributed by atoms with Crippen LogP contribution in [0.4, 0.5) is 0 Å². The average molecular weight is 201 g/mol. The summed E-state index contributed by atoms with van der Waals surface area (Å²) in [5.74, 6) is 0. The molecule has 0 saturated heterocycles. The molecule has 0 fully saturated rings. The summed E-state index contributed by atoms with van der Waals surface area (Å²) in [5, 5.41) is 9.70. The first kappa shape index (κ1) is 10.6. The Balaban J connectivity index is 2.40. The lowest BCUT2D eigenvalue weighted by Gasteiger charge is -1.97. The van der Waals surface area contributed by atoms with Crippen LogP contribution < -0.4 is 5.73 Å². The molecule has 0 amide bonds. The van der Waals surface area contributed by atoms with E-state index in [1.54, 1.807) is 0 Å². The van der Waals surface area contributed by atoms with E-state index in [-0.39, 0.29) is 6.04 Å². The molecular weight excluding hydrogens is 186 g/mol. The molecular formula is C8H15N3OS. The summed E-state index contributed by atoms with van der Waals surface area (Å²) in [5.41, 5.74) is 5.65. The average Bonchev–Trinajstić information content (AvgIpc) is 2.53. The third-order valence-electron chi connectivity index (χ3n) is 1.45. The lowest BCUT2D eigenvalue weighted by atomic mass is 10.4. The topological polar surface area (TPSA) is 61.0 Å². The second kappa shape index (κ2) is 5.26. The Morgan fingerprint density at radius 3 is 2.85 bits per heavy atom. The van der Waals surface area contributed by atoms with Crippen molar-refractivity contribution in [2.75, 3.05) is 6.61 Å². The fourth-order valence-electron chi connectivity index (χ4n) is 0.813. The normalized spacial score (nSPS) is 13.2. The highest BCUT2D eigenvalue weighted by molar-refractivity contribution is 7.11. The number of aromatic nitrogens is 2. The summed E-state index contributed by atoms with van der Waals surface area (Å²) in [6.07, 6.45) is 1.03. The number of rotatable bonds is 5. The Hall–Kier alpha value is -0.520. The first-order chi connectivity index (χ1) is 6.24. The van der Waals surface area contributed by atoms with Gasteiger partial charge < -0.3 is 10.5 Å². The molecule has 1 aromatic rings. The van der Waals surface area contributed by atoms with Gasteiger partial charge in [0.25, 0.3) is 0 Å². The molecule has 0 spiro atoms. The minimum Gasteiger partial charge on any atom is -0.374 e. The Labute approximate surface area is 82.1 Å². The van der Waals surface area contributed by atoms with E-state index in [1.807, 2.05) is 6.92 Å². The first-order valence-electron chi connectivity index (χ1n) is 4.39. The summed E-state index contributed by atoms with van der Waals surface area (Å²) in [6, 6.07) is -0.0302. The van der Waals surface area contributed by atoms with E-state index in [2.05, 4.69) is 17.1 Å². The van der Waals surface area contributed by atoms with Crippen molar-refractivity contribution in [2.45, 2.75) is 32.9 Å². The lowest BCUT2D eigenvalue weighted by Crippen LogP contribution is -2.03. The standard InChI is InChI=1S/C8H15N3OS/c1-3-4-12-5-7-10-11-8(13-7)6(2)9/h6H,3-5,9H2,1-2H3. The van der Waals surface area contributed by atoms with Crippen LogP contribution in [0.15, 0.2) is 0 Å². The van der Waals surface area contributed by atoms with E-state index in [0.717, 1.165) is 23.0 Å². The minimum atomic E-state index is -0.0302. The number of hydrogen-bond donors (Lipinski definition) is 1. The van der Waals surface area contributed by atoms with Gasteiger partial charge in [-0.05, 0) is 13.3 Å². The van der Waals surface area contributed by atoms with Crippen molar-refractivity contribution < 1.29 is 4.74 Å². The van der Waals surface area contributed by atoms with E-state index in [9.17, 15) is 0 Å². The van der Waals surface area contributed by atoms with Crippen LogP contribution in [0.5, 0.6) is 0 Å². The molecule has 1 heterocycles. The molecule has 0 aliphatic heterocycles. The highest BCUT2D eigenvalue weighted by Crippen LogP contribution is 2.15. The number of nitrogens with zero attached hydrogens (tertiary/aromatic N) is 2. The van der Waals surface area contributed by atoms with Crippen LogP contribution in [0.1, 0.15) is 36.3 Å². The van der Waals surface area contributed by atoms with E-state index in [1.165, 1.54) is 11.3 Å². The second-order valence-electron chi connectivity index (χ2n) is 2.88. The van der Waals surface area contributed by atoms with Crippen LogP contribution in [0.2, 0.25) is 0 Å². The lowest BCUT2D eigenvalue weighted by molar-refractivity contribution is 0.121. The maximum absolute atomic E-state index is 5.65. The van der Waals surface area contributed by atoms with Crippen molar-refractivity contribution >= 4 is 11.3 Å². The first-order valence-corrected chi connectivity index (χ1v) is 5.21. The van der Waals surface area contributed by atoms with Crippen LogP contribution in [-0.4, -0.2) is 16.8 Å². The molecule has 0 aliphatic rings. The molecule has 1 rings (SSSR count). The van der Waals surface area contributed by atoms with Gasteiger partial charge in [0, 0.05) is 6.61 Å². The summed E-state index contributed by atoms with van der Waals surface area (Å²) < 4.78 is 5.33. The molecule has 0 saturated carbocycles. The maximum Gasteiger partial charge on any atom is 0.143 e. The second-order valence-corrected chi connectivity index (χ2v) is 3.97. The number of ether oxygens (including phenoxy) is 1. The molecule has 1 aromatic heterocycles. The van der Waals surface area contributed by atoms with Crippen molar-refractivity contribution in [2.24, 2.45) is 5.73 Å². The van der Waals surface area contributed by atoms with Gasteiger partial charge in [-0.15, -0.1) is 10.2 Å². The van der Waals surface area contributed by atoms with E-state index >= 15 is 0 Å². The number of nitrogens with two attached hydrogens (primary N) is 1. The Morgan fingerprint density at radius 1 is 1.54 bits per heavy atom. The van der Waals surface area contributed by atoms with Crippen LogP contribution >= 0.6 is 11.3 Å². The number of hydrogen-bond acceptors (Lipinski definition) is 5. The van der Waals surface area contributed by atoms with Crippen LogP contribution in [-0.2, 0) is 11.3 Å². The molecule has 1 atom stereocenters. The molecule has 0 aromatic carbocycles. The zero-order valence-electron chi connectivity index (χ0n) is 7.99. The van der Waals surface area contributed by atoms with Gasteiger partial charge in [0.2, 0.25) is 0 Å². The quantitative estimate of drug-likeness (QED) is 0.733. The van der Waals surface area contributed by atoms with Crippen molar-refractivity contribution in [3.05, 3.63) is 10.0 Å². The smallest absolute Gasteiger partial charge is 0.143 e. The molecule has 0 radical (unpaired) electrons. The van der Waals surface area contributed by atoms with Gasteiger partial charge in [0.05, 0.1) is 6.04 Å². The molecule has 0 aliphatic carbocycles. The zero-order chi connectivity index (χ0) is 9.68. The van der Waals surface area contributed by atoms with Gasteiger partial charge in [-0.2, -0.15) is 0 Å². The van der Waals surface area contributed by atoms with E-state index in [4.69, 9.17) is 10.5 Å². The molecule has 13 heavy (non-hydrogen) atoms. The molecule has 0 bridgehead atoms. The minimum absolute atomic E-state index is 0.0302. The molecule has 1 unspecified atom stereocenters. The van der Waals surface area contributed by atoms with Gasteiger partial charge in [-0.3, -0.25) is 0 Å². The molecule has 5 heteroatoms. The molecule has 4 nitrogen and oxygen atoms in total. The summed E-state index contributed by atoms with van der Waals surface area (Å²) in [4.78, 5) is 0. The van der Waals surface area contributed by atoms with Gasteiger partial charge in [-0.25, -0.2) is 0 Å². The van der Waals surface area contributed by atoms with Gasteiger partial charge in [0.15, 0.2) is 0 Å². The van der Waals surface area contributed by atoms with E-state index in [0.29, 0.717) is 6.61 Å². The van der Waals surface area contributed by atoms with Gasteiger partial charge in [0.1, 0.15) is 16.6 Å². The van der Waals surface area contributed by atoms with Crippen LogP contribution in [0.3, 0.4) is 0 Å². The van der Waals surface area contributed by atoms with Gasteiger partial charge in [-0.1, -0.05) is 18.3 Å². The van der Waals surface area contributed by atoms with Crippen molar-refractivity contribution in [1.82, 2.24) is 10.2 Å². The van der Waals surface area contributed by atoms with Crippen molar-refractivity contribution in [3.63, 3.8) is 0 Å². The third-order valence-corrected chi connectivity index (χ3v) is 2.54. The largest absolute Gasteiger partial charge is 0.374 e. The van der Waals surface area contributed by atoms with Crippen molar-refractivity contribution in [1.29, 1.82) is 0 Å². The monoisotopic (exact) mass is 201 g/mol. The Bertz CT molecular complexity index is 249. The third kappa shape index (κ3) is 3.38. The van der Waals surface area contributed by atoms with Crippen LogP contribution in [0.25, 0.3) is 0 Å². The van der Waals surface area contributed by atoms with Gasteiger partial charge >= 0.3 is 0 Å². The highest BCUT2D eigenvalue weighted by atomic mass is 32.1. The van der Waals surface area contributed by atoms with E-state index < -0.39 is 0 Å². The molecule has 2 N–H and O–H groups in total. The molecule has 74 valence electrons. The Kier molecular flexibility index (Phi) is 4.27. The predicted molar refractivity (Wildman–Crippen MR) is 52.5 cm³/mol. The van der Waals surface area contributed by atoms with Crippen molar-refractivity contribution in [3.8, 4) is 0 Å². The predicted octanol–water partition coefficient (Wildman–Crippen LogP) is 1.48. The van der Waals surface area contributed by atoms with Crippen LogP contribution in [0, 0.1) is 0 Å². The SMILES string of the molecule is CCCOCc1nnc(C(C)N)s1. The summed E-state index contributed by atoms with van der Waals surface area (Å²) >= 11 is 1.52. The fraction of sp³-hybridized carbons (Fsp3) is 0.750. The fourth-order valence-corrected chi connectivity index (χ4v) is 1.55. The highest BCUT2D eigenvalue weighted by Gasteiger charge is 2.07. The zero-order valence-corrected chi connectivity index (χ0v) is 8.80. The summed E-state index contributed by atoms with van der Waals surface area (Å²) in [6.45, 7) is 5.30. The summed E-state index contributed by atoms with van der Waals surface area (Å²) in [7, 11) is 0. The Morgan fingerprint density at radius 2 is 2.31 bits per heavy atom.